The van der Waals surface area contributed by atoms with Crippen LogP contribution in [0.15, 0.2) is 30.5 Å². The maximum absolute atomic E-state index is 12.1. The summed E-state index contributed by atoms with van der Waals surface area (Å²) in [5, 5.41) is 4.53. The Bertz CT molecular complexity index is 561. The third-order valence-corrected chi connectivity index (χ3v) is 2.85. The number of pyridine rings is 1. The van der Waals surface area contributed by atoms with Crippen molar-refractivity contribution >= 4 is 22.4 Å². The Hall–Kier alpha value is -2.10. The number of fused-ring (bicyclic) bond motifs is 1. The maximum atomic E-state index is 12.1. The van der Waals surface area contributed by atoms with Crippen LogP contribution in [0.4, 0.5) is 5.69 Å². The quantitative estimate of drug-likeness (QED) is 0.639. The van der Waals surface area contributed by atoms with Gasteiger partial charge in [0, 0.05) is 23.8 Å². The summed E-state index contributed by atoms with van der Waals surface area (Å²) in [6.07, 6.45) is 3.65. The number of rotatable bonds is 4. The van der Waals surface area contributed by atoms with Gasteiger partial charge >= 0.3 is 0 Å². The summed E-state index contributed by atoms with van der Waals surface area (Å²) < 4.78 is 0. The molecule has 0 radical (unpaired) electrons. The second-order valence-corrected chi connectivity index (χ2v) is 4.21. The minimum absolute atomic E-state index is 0.160. The molecule has 0 fully saturated rings. The minimum Gasteiger partial charge on any atom is -0.398 e. The van der Waals surface area contributed by atoms with Crippen LogP contribution in [0.2, 0.25) is 0 Å². The van der Waals surface area contributed by atoms with Crippen molar-refractivity contribution in [3.05, 3.63) is 36.2 Å². The number of nitrogens with two attached hydrogens (primary N) is 1. The largest absolute Gasteiger partial charge is 0.398 e. The first-order chi connectivity index (χ1) is 8.74. The van der Waals surface area contributed by atoms with Crippen molar-refractivity contribution in [3.63, 3.8) is 0 Å². The van der Waals surface area contributed by atoms with Gasteiger partial charge < -0.3 is 11.1 Å². The van der Waals surface area contributed by atoms with E-state index < -0.39 is 0 Å². The van der Waals surface area contributed by atoms with Gasteiger partial charge in [-0.25, -0.2) is 0 Å². The number of hydrogen-bond donors (Lipinski definition) is 2. The second kappa shape index (κ2) is 5.49. The smallest absolute Gasteiger partial charge is 0.270 e. The average molecular weight is 243 g/mol. The van der Waals surface area contributed by atoms with Crippen LogP contribution in [0.3, 0.4) is 0 Å². The molecule has 4 heteroatoms. The Morgan fingerprint density at radius 3 is 3.00 bits per heavy atom. The SMILES string of the molecule is CCCCNC(=O)c1nccc2cccc(N)c12. The molecule has 94 valence electrons. The first-order valence-electron chi connectivity index (χ1n) is 6.15. The van der Waals surface area contributed by atoms with E-state index in [0.717, 1.165) is 23.6 Å². The van der Waals surface area contributed by atoms with Crippen LogP contribution < -0.4 is 11.1 Å². The molecule has 1 heterocycles. The Labute approximate surface area is 106 Å². The number of nitrogens with zero attached hydrogens (tertiary/aromatic N) is 1. The zero-order valence-electron chi connectivity index (χ0n) is 10.4. The molecule has 0 saturated heterocycles. The van der Waals surface area contributed by atoms with E-state index in [1.807, 2.05) is 18.2 Å². The zero-order chi connectivity index (χ0) is 13.0. The first-order valence-corrected chi connectivity index (χ1v) is 6.15. The van der Waals surface area contributed by atoms with Crippen LogP contribution >= 0.6 is 0 Å². The molecule has 0 saturated carbocycles. The fourth-order valence-corrected chi connectivity index (χ4v) is 1.89. The standard InChI is InChI=1S/C14H17N3O/c1-2-3-8-17-14(18)13-12-10(7-9-16-13)5-4-6-11(12)15/h4-7,9H,2-3,8,15H2,1H3,(H,17,18). The molecule has 1 amide bonds. The Morgan fingerprint density at radius 1 is 1.39 bits per heavy atom. The third kappa shape index (κ3) is 2.42. The highest BCUT2D eigenvalue weighted by Crippen LogP contribution is 2.23. The lowest BCUT2D eigenvalue weighted by Gasteiger charge is -2.08. The fourth-order valence-electron chi connectivity index (χ4n) is 1.89. The number of nitrogens with one attached hydrogen (secondary N) is 1. The van der Waals surface area contributed by atoms with E-state index in [1.165, 1.54) is 0 Å². The van der Waals surface area contributed by atoms with Crippen LogP contribution in [-0.2, 0) is 0 Å². The molecular formula is C14H17N3O. The van der Waals surface area contributed by atoms with Gasteiger partial charge in [-0.3, -0.25) is 9.78 Å². The molecule has 18 heavy (non-hydrogen) atoms. The van der Waals surface area contributed by atoms with Gasteiger partial charge in [-0.15, -0.1) is 0 Å². The summed E-state index contributed by atoms with van der Waals surface area (Å²) in [5.41, 5.74) is 6.92. The third-order valence-electron chi connectivity index (χ3n) is 2.85. The molecule has 0 aliphatic rings. The topological polar surface area (TPSA) is 68.0 Å². The molecule has 2 rings (SSSR count). The highest BCUT2D eigenvalue weighted by atomic mass is 16.1. The van der Waals surface area contributed by atoms with Crippen molar-refractivity contribution in [1.82, 2.24) is 10.3 Å². The summed E-state index contributed by atoms with van der Waals surface area (Å²) in [6, 6.07) is 7.44. The first kappa shape index (κ1) is 12.4. The molecule has 1 aromatic carbocycles. The van der Waals surface area contributed by atoms with Crippen LogP contribution in [0.5, 0.6) is 0 Å². The molecule has 4 nitrogen and oxygen atoms in total. The molecule has 3 N–H and O–H groups in total. The number of anilines is 1. The van der Waals surface area contributed by atoms with Gasteiger partial charge in [0.25, 0.3) is 5.91 Å². The minimum atomic E-state index is -0.160. The van der Waals surface area contributed by atoms with Crippen LogP contribution in [0.25, 0.3) is 10.8 Å². The van der Waals surface area contributed by atoms with Crippen molar-refractivity contribution < 1.29 is 4.79 Å². The second-order valence-electron chi connectivity index (χ2n) is 4.21. The van der Waals surface area contributed by atoms with Crippen molar-refractivity contribution in [2.24, 2.45) is 0 Å². The van der Waals surface area contributed by atoms with Gasteiger partial charge in [-0.2, -0.15) is 0 Å². The van der Waals surface area contributed by atoms with Gasteiger partial charge in [-0.1, -0.05) is 25.5 Å². The summed E-state index contributed by atoms with van der Waals surface area (Å²) in [6.45, 7) is 2.75. The Kier molecular flexibility index (Phi) is 3.77. The summed E-state index contributed by atoms with van der Waals surface area (Å²) in [5.74, 6) is -0.160. The highest BCUT2D eigenvalue weighted by Gasteiger charge is 2.12. The van der Waals surface area contributed by atoms with Crippen molar-refractivity contribution in [1.29, 1.82) is 0 Å². The lowest BCUT2D eigenvalue weighted by molar-refractivity contribution is 0.0950. The number of aromatic nitrogens is 1. The van der Waals surface area contributed by atoms with Crippen LogP contribution in [0, 0.1) is 0 Å². The van der Waals surface area contributed by atoms with Crippen molar-refractivity contribution in [2.75, 3.05) is 12.3 Å². The van der Waals surface area contributed by atoms with Gasteiger partial charge in [0.1, 0.15) is 5.69 Å². The fraction of sp³-hybridized carbons (Fsp3) is 0.286. The lowest BCUT2D eigenvalue weighted by atomic mass is 10.1. The monoisotopic (exact) mass is 243 g/mol. The number of hydrogen-bond acceptors (Lipinski definition) is 3. The van der Waals surface area contributed by atoms with Gasteiger partial charge in [0.2, 0.25) is 0 Å². The number of amides is 1. The van der Waals surface area contributed by atoms with E-state index in [9.17, 15) is 4.79 Å². The molecule has 0 spiro atoms. The van der Waals surface area contributed by atoms with Crippen LogP contribution in [-0.4, -0.2) is 17.4 Å². The molecule has 0 aliphatic carbocycles. The van der Waals surface area contributed by atoms with E-state index in [-0.39, 0.29) is 5.91 Å². The number of carbonyl (C=O) groups excluding carboxylic acids is 1. The normalized spacial score (nSPS) is 10.5. The molecule has 0 bridgehead atoms. The van der Waals surface area contributed by atoms with Crippen molar-refractivity contribution in [2.45, 2.75) is 19.8 Å². The molecule has 0 unspecified atom stereocenters. The predicted octanol–water partition coefficient (Wildman–Crippen LogP) is 2.35. The van der Waals surface area contributed by atoms with E-state index >= 15 is 0 Å². The molecular weight excluding hydrogens is 226 g/mol. The van der Waals surface area contributed by atoms with Gasteiger partial charge in [0.05, 0.1) is 0 Å². The Morgan fingerprint density at radius 2 is 2.22 bits per heavy atom. The molecule has 0 atom stereocenters. The maximum Gasteiger partial charge on any atom is 0.270 e. The zero-order valence-corrected chi connectivity index (χ0v) is 10.4. The average Bonchev–Trinajstić information content (AvgIpc) is 2.38. The number of carbonyl (C=O) groups is 1. The van der Waals surface area contributed by atoms with Gasteiger partial charge in [0.15, 0.2) is 0 Å². The number of nitrogen functional groups attached to an aromatic ring is 1. The van der Waals surface area contributed by atoms with E-state index in [1.54, 1.807) is 12.3 Å². The lowest BCUT2D eigenvalue weighted by Crippen LogP contribution is -2.25. The van der Waals surface area contributed by atoms with Gasteiger partial charge in [-0.05, 0) is 23.9 Å². The summed E-state index contributed by atoms with van der Waals surface area (Å²) >= 11 is 0. The summed E-state index contributed by atoms with van der Waals surface area (Å²) in [7, 11) is 0. The number of benzene rings is 1. The molecule has 2 aromatic rings. The molecule has 1 aromatic heterocycles. The number of unbranched alkanes of at least 4 members (excludes halogenated alkanes) is 1. The van der Waals surface area contributed by atoms with Crippen LogP contribution in [0.1, 0.15) is 30.3 Å². The van der Waals surface area contributed by atoms with E-state index in [4.69, 9.17) is 5.73 Å². The summed E-state index contributed by atoms with van der Waals surface area (Å²) in [4.78, 5) is 16.2. The highest BCUT2D eigenvalue weighted by molar-refractivity contribution is 6.09. The predicted molar refractivity (Wildman–Crippen MR) is 73.4 cm³/mol. The van der Waals surface area contributed by atoms with E-state index in [0.29, 0.717) is 17.9 Å². The van der Waals surface area contributed by atoms with E-state index in [2.05, 4.69) is 17.2 Å². The van der Waals surface area contributed by atoms with Crippen molar-refractivity contribution in [3.8, 4) is 0 Å². The molecule has 0 aliphatic heterocycles. The Balaban J connectivity index is 2.35.